The van der Waals surface area contributed by atoms with E-state index in [1.54, 1.807) is 0 Å². The third-order valence-electron chi connectivity index (χ3n) is 5.22. The van der Waals surface area contributed by atoms with E-state index in [0.29, 0.717) is 12.1 Å². The maximum atomic E-state index is 6.32. The van der Waals surface area contributed by atoms with Crippen molar-refractivity contribution in [3.8, 4) is 0 Å². The quantitative estimate of drug-likeness (QED) is 0.777. The Labute approximate surface area is 144 Å². The predicted molar refractivity (Wildman–Crippen MR) is 95.7 cm³/mol. The van der Waals surface area contributed by atoms with Crippen molar-refractivity contribution in [3.63, 3.8) is 0 Å². The summed E-state index contributed by atoms with van der Waals surface area (Å²) in [5.74, 6) is 0.826. The number of likely N-dealkylation sites (tertiary alicyclic amines) is 1. The van der Waals surface area contributed by atoms with E-state index >= 15 is 0 Å². The van der Waals surface area contributed by atoms with Crippen molar-refractivity contribution in [1.82, 2.24) is 9.88 Å². The molecule has 2 aromatic rings. The Morgan fingerprint density at radius 3 is 2.58 bits per heavy atom. The van der Waals surface area contributed by atoms with Crippen LogP contribution in [-0.2, 0) is 17.7 Å². The molecule has 2 heterocycles. The minimum atomic E-state index is 0.356. The molecule has 3 nitrogen and oxygen atoms in total. The van der Waals surface area contributed by atoms with Crippen molar-refractivity contribution in [2.45, 2.75) is 44.4 Å². The number of hydrogen-bond acceptors (Lipinski definition) is 3. The summed E-state index contributed by atoms with van der Waals surface area (Å²) in [6.07, 6.45) is 7.15. The lowest BCUT2D eigenvalue weighted by Gasteiger charge is -2.28. The van der Waals surface area contributed by atoms with Gasteiger partial charge >= 0.3 is 0 Å². The van der Waals surface area contributed by atoms with Crippen LogP contribution in [0.25, 0.3) is 0 Å². The molecule has 1 aliphatic carbocycles. The molecular formula is C21H26N2O. The van der Waals surface area contributed by atoms with E-state index in [4.69, 9.17) is 4.74 Å². The molecule has 0 spiro atoms. The number of aromatic nitrogens is 1. The summed E-state index contributed by atoms with van der Waals surface area (Å²) in [7, 11) is 0. The van der Waals surface area contributed by atoms with Gasteiger partial charge in [-0.25, -0.2) is 0 Å². The fraction of sp³-hybridized carbons (Fsp3) is 0.476. The number of benzene rings is 1. The molecule has 0 amide bonds. The molecule has 1 aromatic heterocycles. The molecule has 2 atom stereocenters. The first-order valence-electron chi connectivity index (χ1n) is 9.18. The van der Waals surface area contributed by atoms with Crippen LogP contribution < -0.4 is 0 Å². The van der Waals surface area contributed by atoms with Crippen LogP contribution >= 0.6 is 0 Å². The summed E-state index contributed by atoms with van der Waals surface area (Å²) in [5.41, 5.74) is 2.55. The van der Waals surface area contributed by atoms with Crippen LogP contribution in [0.4, 0.5) is 0 Å². The molecular weight excluding hydrogens is 296 g/mol. The van der Waals surface area contributed by atoms with Gasteiger partial charge in [0.15, 0.2) is 0 Å². The Balaban J connectivity index is 1.46. The highest BCUT2D eigenvalue weighted by molar-refractivity contribution is 5.17. The third kappa shape index (κ3) is 4.03. The summed E-state index contributed by atoms with van der Waals surface area (Å²) in [6.45, 7) is 2.97. The summed E-state index contributed by atoms with van der Waals surface area (Å²) < 4.78 is 6.32. The molecule has 126 valence electrons. The molecule has 3 heteroatoms. The van der Waals surface area contributed by atoms with Gasteiger partial charge in [0.1, 0.15) is 0 Å². The average Bonchev–Trinajstić information content (AvgIpc) is 3.39. The van der Waals surface area contributed by atoms with Gasteiger partial charge in [0.05, 0.1) is 11.8 Å². The van der Waals surface area contributed by atoms with Crippen LogP contribution in [0.5, 0.6) is 0 Å². The molecule has 0 bridgehead atoms. The van der Waals surface area contributed by atoms with Gasteiger partial charge in [0.2, 0.25) is 0 Å². The molecule has 1 aromatic carbocycles. The van der Waals surface area contributed by atoms with Gasteiger partial charge in [-0.05, 0) is 49.3 Å². The van der Waals surface area contributed by atoms with E-state index in [0.717, 1.165) is 44.1 Å². The highest BCUT2D eigenvalue weighted by Gasteiger charge is 2.36. The Hall–Kier alpha value is -1.71. The molecule has 1 saturated heterocycles. The van der Waals surface area contributed by atoms with Gasteiger partial charge in [-0.15, -0.1) is 0 Å². The number of hydrogen-bond donors (Lipinski definition) is 0. The summed E-state index contributed by atoms with van der Waals surface area (Å²) in [5, 5.41) is 0. The molecule has 0 unspecified atom stereocenters. The van der Waals surface area contributed by atoms with Crippen molar-refractivity contribution in [2.24, 2.45) is 5.92 Å². The van der Waals surface area contributed by atoms with Crippen molar-refractivity contribution in [2.75, 3.05) is 13.2 Å². The molecule has 4 rings (SSSR count). The van der Waals surface area contributed by atoms with Gasteiger partial charge in [0, 0.05) is 31.9 Å². The molecule has 0 N–H and O–H groups in total. The first-order valence-corrected chi connectivity index (χ1v) is 9.18. The van der Waals surface area contributed by atoms with Crippen LogP contribution in [0.3, 0.4) is 0 Å². The largest absolute Gasteiger partial charge is 0.376 e. The third-order valence-corrected chi connectivity index (χ3v) is 5.22. The fourth-order valence-corrected chi connectivity index (χ4v) is 3.64. The van der Waals surface area contributed by atoms with Crippen molar-refractivity contribution in [3.05, 3.63) is 66.0 Å². The lowest BCUT2D eigenvalue weighted by atomic mass is 10.0. The second-order valence-corrected chi connectivity index (χ2v) is 7.15. The zero-order valence-electron chi connectivity index (χ0n) is 14.2. The fourth-order valence-electron chi connectivity index (χ4n) is 3.64. The van der Waals surface area contributed by atoms with Gasteiger partial charge < -0.3 is 4.74 Å². The second kappa shape index (κ2) is 7.45. The van der Waals surface area contributed by atoms with E-state index in [9.17, 15) is 0 Å². The van der Waals surface area contributed by atoms with Crippen LogP contribution in [-0.4, -0.2) is 35.2 Å². The molecule has 2 fully saturated rings. The minimum absolute atomic E-state index is 0.356. The van der Waals surface area contributed by atoms with Crippen molar-refractivity contribution in [1.29, 1.82) is 0 Å². The van der Waals surface area contributed by atoms with Crippen molar-refractivity contribution >= 4 is 0 Å². The smallest absolute Gasteiger partial charge is 0.0745 e. The lowest BCUT2D eigenvalue weighted by molar-refractivity contribution is 0.0195. The van der Waals surface area contributed by atoms with E-state index in [1.165, 1.54) is 18.4 Å². The number of rotatable bonds is 7. The zero-order valence-corrected chi connectivity index (χ0v) is 14.2. The minimum Gasteiger partial charge on any atom is -0.376 e. The summed E-state index contributed by atoms with van der Waals surface area (Å²) >= 11 is 0. The Kier molecular flexibility index (Phi) is 4.91. The molecule has 1 aliphatic heterocycles. The molecule has 0 radical (unpaired) electrons. The van der Waals surface area contributed by atoms with Gasteiger partial charge in [-0.3, -0.25) is 9.88 Å². The van der Waals surface area contributed by atoms with Gasteiger partial charge in [-0.2, -0.15) is 0 Å². The van der Waals surface area contributed by atoms with E-state index in [-0.39, 0.29) is 0 Å². The van der Waals surface area contributed by atoms with Crippen LogP contribution in [0.15, 0.2) is 54.7 Å². The van der Waals surface area contributed by atoms with Gasteiger partial charge in [-0.1, -0.05) is 36.4 Å². The maximum Gasteiger partial charge on any atom is 0.0745 e. The van der Waals surface area contributed by atoms with Gasteiger partial charge in [0.25, 0.3) is 0 Å². The van der Waals surface area contributed by atoms with Crippen LogP contribution in [0.2, 0.25) is 0 Å². The topological polar surface area (TPSA) is 25.4 Å². The number of ether oxygens (including phenoxy) is 1. The number of pyridine rings is 1. The highest BCUT2D eigenvalue weighted by atomic mass is 16.5. The lowest BCUT2D eigenvalue weighted by Crippen LogP contribution is -2.38. The maximum absolute atomic E-state index is 6.32. The Morgan fingerprint density at radius 1 is 1.00 bits per heavy atom. The molecule has 1 saturated carbocycles. The molecule has 24 heavy (non-hydrogen) atoms. The predicted octanol–water partition coefficient (Wildman–Crippen LogP) is 3.69. The van der Waals surface area contributed by atoms with Crippen molar-refractivity contribution < 1.29 is 4.74 Å². The Bertz CT molecular complexity index is 627. The normalized spacial score (nSPS) is 24.3. The second-order valence-electron chi connectivity index (χ2n) is 7.15. The standard InChI is InChI=1S/C21H26N2O/c1-2-6-17(7-3-1)14-20-21(24-16-18-9-10-18)11-13-23(20)15-19-8-4-5-12-22-19/h1-8,12,18,20-21H,9-11,13-16H2/t20-,21+/m0/s1. The SMILES string of the molecule is c1ccc(C[C@H]2[C@H](OCC3CC3)CCN2Cc2ccccn2)cc1. The zero-order chi connectivity index (χ0) is 16.2. The summed E-state index contributed by atoms with van der Waals surface area (Å²) in [4.78, 5) is 7.07. The van der Waals surface area contributed by atoms with Crippen LogP contribution in [0, 0.1) is 5.92 Å². The summed E-state index contributed by atoms with van der Waals surface area (Å²) in [6, 6.07) is 17.4. The van der Waals surface area contributed by atoms with E-state index < -0.39 is 0 Å². The number of nitrogens with zero attached hydrogens (tertiary/aromatic N) is 2. The van der Waals surface area contributed by atoms with Crippen LogP contribution in [0.1, 0.15) is 30.5 Å². The Morgan fingerprint density at radius 2 is 1.83 bits per heavy atom. The first kappa shape index (κ1) is 15.8. The monoisotopic (exact) mass is 322 g/mol. The molecule has 2 aliphatic rings. The highest BCUT2D eigenvalue weighted by Crippen LogP contribution is 2.32. The van der Waals surface area contributed by atoms with E-state index in [2.05, 4.69) is 52.3 Å². The first-order chi connectivity index (χ1) is 11.9. The van der Waals surface area contributed by atoms with E-state index in [1.807, 2.05) is 12.3 Å². The average molecular weight is 322 g/mol.